The number of methoxy groups -OCH3 is 1. The molecule has 0 unspecified atom stereocenters. The number of fused-ring (bicyclic) bond motifs is 2. The Morgan fingerprint density at radius 3 is 2.69 bits per heavy atom. The lowest BCUT2D eigenvalue weighted by Gasteiger charge is -2.46. The molecular formula is C25H30N4O7. The van der Waals surface area contributed by atoms with Crippen LogP contribution in [0, 0.1) is 11.8 Å². The summed E-state index contributed by atoms with van der Waals surface area (Å²) in [6.07, 6.45) is 4.96. The largest absolute Gasteiger partial charge is 0.507 e. The molecule has 4 fully saturated rings. The number of carbonyl (C=O) groups excluding carboxylic acids is 3. The topological polar surface area (TPSA) is 143 Å². The van der Waals surface area contributed by atoms with Gasteiger partial charge in [-0.25, -0.2) is 4.79 Å². The summed E-state index contributed by atoms with van der Waals surface area (Å²) in [6.45, 7) is 1.23. The molecular weight excluding hydrogens is 468 g/mol. The van der Waals surface area contributed by atoms with Crippen LogP contribution in [-0.2, 0) is 9.53 Å². The van der Waals surface area contributed by atoms with Gasteiger partial charge in [-0.3, -0.25) is 14.7 Å². The number of aldehydes is 1. The fraction of sp³-hybridized carbons (Fsp3) is 0.520. The number of nitrogens with one attached hydrogen (secondary N) is 2. The zero-order valence-electron chi connectivity index (χ0n) is 20.1. The van der Waals surface area contributed by atoms with Crippen molar-refractivity contribution in [1.29, 1.82) is 0 Å². The van der Waals surface area contributed by atoms with Gasteiger partial charge in [-0.1, -0.05) is 0 Å². The minimum absolute atomic E-state index is 0.0350. The molecule has 0 spiro atoms. The summed E-state index contributed by atoms with van der Waals surface area (Å²) in [6, 6.07) is 4.46. The highest BCUT2D eigenvalue weighted by atomic mass is 16.6. The number of amides is 2. The Labute approximate surface area is 208 Å². The second-order valence-corrected chi connectivity index (χ2v) is 9.85. The number of aromatic hydroxyl groups is 1. The van der Waals surface area contributed by atoms with Crippen molar-refractivity contribution in [3.8, 4) is 17.2 Å². The van der Waals surface area contributed by atoms with E-state index >= 15 is 0 Å². The molecule has 2 aliphatic heterocycles. The van der Waals surface area contributed by atoms with Crippen LogP contribution in [0.2, 0.25) is 0 Å². The van der Waals surface area contributed by atoms with Crippen LogP contribution in [0.4, 0.5) is 10.6 Å². The number of phenolic OH excluding ortho intramolecular Hbond substituents is 1. The van der Waals surface area contributed by atoms with Gasteiger partial charge in [0.05, 0.1) is 12.7 Å². The third-order valence-corrected chi connectivity index (χ3v) is 7.31. The summed E-state index contributed by atoms with van der Waals surface area (Å²) < 4.78 is 16.3. The van der Waals surface area contributed by atoms with Crippen LogP contribution in [0.5, 0.6) is 17.2 Å². The zero-order valence-corrected chi connectivity index (χ0v) is 20.1. The number of hydrogen-bond donors (Lipinski definition) is 3. The first-order chi connectivity index (χ1) is 17.4. The summed E-state index contributed by atoms with van der Waals surface area (Å²) in [7, 11) is 1.41. The Kier molecular flexibility index (Phi) is 6.71. The molecule has 2 saturated carbocycles. The minimum atomic E-state index is -0.481. The van der Waals surface area contributed by atoms with Crippen molar-refractivity contribution in [1.82, 2.24) is 15.1 Å². The molecule has 11 nitrogen and oxygen atoms in total. The van der Waals surface area contributed by atoms with Crippen molar-refractivity contribution in [3.05, 3.63) is 29.5 Å². The number of carbonyl (C=O) groups is 3. The second-order valence-electron chi connectivity index (χ2n) is 9.85. The molecule has 2 amide bonds. The molecule has 3 heterocycles. The molecule has 1 aromatic carbocycles. The number of anilines is 1. The number of hydrogen-bond acceptors (Lipinski definition) is 8. The van der Waals surface area contributed by atoms with E-state index in [0.29, 0.717) is 36.1 Å². The Hall–Kier alpha value is -3.76. The highest BCUT2D eigenvalue weighted by Gasteiger charge is 2.40. The van der Waals surface area contributed by atoms with Gasteiger partial charge in [0.15, 0.2) is 18.7 Å². The average molecular weight is 499 g/mol. The van der Waals surface area contributed by atoms with E-state index in [2.05, 4.69) is 15.5 Å². The first kappa shape index (κ1) is 24.0. The Morgan fingerprint density at radius 1 is 1.19 bits per heavy atom. The van der Waals surface area contributed by atoms with Crippen LogP contribution in [0.3, 0.4) is 0 Å². The molecule has 36 heavy (non-hydrogen) atoms. The highest BCUT2D eigenvalue weighted by Crippen LogP contribution is 2.40. The lowest BCUT2D eigenvalue weighted by atomic mass is 9.71. The van der Waals surface area contributed by atoms with Crippen LogP contribution >= 0.6 is 0 Å². The summed E-state index contributed by atoms with van der Waals surface area (Å²) in [5.41, 5.74) is 0.796. The summed E-state index contributed by atoms with van der Waals surface area (Å²) in [5, 5.41) is 19.7. The number of aromatic amines is 1. The van der Waals surface area contributed by atoms with Gasteiger partial charge >= 0.3 is 6.09 Å². The second kappa shape index (κ2) is 10.1. The van der Waals surface area contributed by atoms with Crippen molar-refractivity contribution in [2.24, 2.45) is 11.8 Å². The number of phenols is 1. The molecule has 2 aliphatic carbocycles. The molecule has 3 N–H and O–H groups in total. The maximum Gasteiger partial charge on any atom is 0.410 e. The summed E-state index contributed by atoms with van der Waals surface area (Å²) in [5.74, 6) is 1.33. The lowest BCUT2D eigenvalue weighted by molar-refractivity contribution is -0.118. The van der Waals surface area contributed by atoms with Crippen LogP contribution in [0.15, 0.2) is 18.2 Å². The number of aromatic nitrogens is 2. The monoisotopic (exact) mass is 498 g/mol. The standard InChI is InChI=1S/C25H30N4O7/c1-34-18-7-21(31)19(12-30)22(8-18)35-13-24(32)26-23-9-20(27-28-23)16-2-3-17(6-16)36-25(33)29-10-14-4-15(5-14)11-29/h7-9,12,14-17,31H,2-6,10-11,13H2,1H3,(H2,26,27,28,32)/t14?,15?,16-,17+/m0/s1. The summed E-state index contributed by atoms with van der Waals surface area (Å²) >= 11 is 0. The normalized spacial score (nSPS) is 24.5. The fourth-order valence-corrected chi connectivity index (χ4v) is 5.44. The van der Waals surface area contributed by atoms with Crippen molar-refractivity contribution in [2.75, 3.05) is 32.1 Å². The Bertz CT molecular complexity index is 1130. The third kappa shape index (κ3) is 5.09. The maximum absolute atomic E-state index is 12.5. The number of piperidine rings is 2. The van der Waals surface area contributed by atoms with Crippen molar-refractivity contribution >= 4 is 24.1 Å². The number of H-pyrrole nitrogens is 1. The van der Waals surface area contributed by atoms with Crippen LogP contribution in [-0.4, -0.2) is 71.4 Å². The molecule has 11 heteroatoms. The van der Waals surface area contributed by atoms with Gasteiger partial charge in [0.1, 0.15) is 23.4 Å². The van der Waals surface area contributed by atoms with Gasteiger partial charge in [0.25, 0.3) is 5.91 Å². The van der Waals surface area contributed by atoms with Gasteiger partial charge in [-0.15, -0.1) is 0 Å². The molecule has 0 radical (unpaired) electrons. The molecule has 6 rings (SSSR count). The quantitative estimate of drug-likeness (QED) is 0.471. The fourth-order valence-electron chi connectivity index (χ4n) is 5.44. The van der Waals surface area contributed by atoms with E-state index in [1.165, 1.54) is 32.1 Å². The van der Waals surface area contributed by atoms with Gasteiger partial charge in [-0.2, -0.15) is 5.10 Å². The molecule has 2 atom stereocenters. The Morgan fingerprint density at radius 2 is 1.97 bits per heavy atom. The predicted octanol–water partition coefficient (Wildman–Crippen LogP) is 3.07. The van der Waals surface area contributed by atoms with Gasteiger partial charge in [0.2, 0.25) is 0 Å². The predicted molar refractivity (Wildman–Crippen MR) is 127 cm³/mol. The van der Waals surface area contributed by atoms with E-state index in [4.69, 9.17) is 14.2 Å². The molecule has 1 aromatic heterocycles. The SMILES string of the molecule is COc1cc(O)c(C=O)c(OCC(=O)Nc2cc([C@H]3CC[C@@H](OC(=O)N4CC5CC(C5)C4)C3)[nH]n2)c1. The molecule has 2 aromatic rings. The number of benzene rings is 1. The van der Waals surface area contributed by atoms with Crippen LogP contribution < -0.4 is 14.8 Å². The third-order valence-electron chi connectivity index (χ3n) is 7.31. The number of rotatable bonds is 8. The van der Waals surface area contributed by atoms with Crippen molar-refractivity contribution in [2.45, 2.75) is 44.1 Å². The molecule has 2 bridgehead atoms. The average Bonchev–Trinajstić information content (AvgIpc) is 3.51. The molecule has 2 saturated heterocycles. The van der Waals surface area contributed by atoms with Gasteiger partial charge < -0.3 is 29.5 Å². The lowest BCUT2D eigenvalue weighted by Crippen LogP contribution is -2.51. The minimum Gasteiger partial charge on any atom is -0.507 e. The van der Waals surface area contributed by atoms with E-state index in [9.17, 15) is 19.5 Å². The first-order valence-electron chi connectivity index (χ1n) is 12.2. The number of ether oxygens (including phenoxy) is 3. The number of nitrogens with zero attached hydrogens (tertiary/aromatic N) is 2. The van der Waals surface area contributed by atoms with E-state index in [1.54, 1.807) is 6.07 Å². The summed E-state index contributed by atoms with van der Waals surface area (Å²) in [4.78, 5) is 38.0. The van der Waals surface area contributed by atoms with E-state index < -0.39 is 12.5 Å². The highest BCUT2D eigenvalue weighted by molar-refractivity contribution is 5.91. The molecule has 4 aliphatic rings. The molecule has 192 valence electrons. The first-order valence-corrected chi connectivity index (χ1v) is 12.2. The Balaban J connectivity index is 1.10. The zero-order chi connectivity index (χ0) is 25.2. The van der Waals surface area contributed by atoms with Crippen molar-refractivity contribution < 1.29 is 33.7 Å². The smallest absolute Gasteiger partial charge is 0.410 e. The van der Waals surface area contributed by atoms with E-state index in [0.717, 1.165) is 31.6 Å². The van der Waals surface area contributed by atoms with Crippen molar-refractivity contribution in [3.63, 3.8) is 0 Å². The van der Waals surface area contributed by atoms with Crippen LogP contribution in [0.1, 0.15) is 54.1 Å². The van der Waals surface area contributed by atoms with Crippen LogP contribution in [0.25, 0.3) is 0 Å². The van der Waals surface area contributed by atoms with E-state index in [-0.39, 0.29) is 35.2 Å². The maximum atomic E-state index is 12.5. The van der Waals surface area contributed by atoms with Gasteiger partial charge in [0, 0.05) is 42.9 Å². The van der Waals surface area contributed by atoms with E-state index in [1.807, 2.05) is 4.90 Å². The van der Waals surface area contributed by atoms with Gasteiger partial charge in [-0.05, 0) is 43.9 Å².